The molecular formula is C10H19N3O. The predicted octanol–water partition coefficient (Wildman–Crippen LogP) is -0.312. The average Bonchev–Trinajstić information content (AvgIpc) is 2.89. The number of likely N-dealkylation sites (N-methyl/N-ethyl adjacent to an activating group) is 1. The number of hydrogen-bond donors (Lipinski definition) is 2. The summed E-state index contributed by atoms with van der Waals surface area (Å²) in [4.78, 5) is 13.5. The first-order valence-corrected chi connectivity index (χ1v) is 5.36. The molecule has 2 fully saturated rings. The topological polar surface area (TPSA) is 58.4 Å². The van der Waals surface area contributed by atoms with Gasteiger partial charge >= 0.3 is 0 Å². The van der Waals surface area contributed by atoms with Gasteiger partial charge in [0.15, 0.2) is 0 Å². The van der Waals surface area contributed by atoms with Crippen LogP contribution in [0.15, 0.2) is 0 Å². The third kappa shape index (κ3) is 1.91. The molecule has 2 aliphatic rings. The minimum Gasteiger partial charge on any atom is -0.370 e. The molecular weight excluding hydrogens is 178 g/mol. The molecule has 0 aromatic rings. The van der Waals surface area contributed by atoms with Crippen molar-refractivity contribution in [1.29, 1.82) is 0 Å². The van der Waals surface area contributed by atoms with Crippen LogP contribution >= 0.6 is 0 Å². The number of primary amides is 1. The molecule has 0 radical (unpaired) electrons. The van der Waals surface area contributed by atoms with Crippen molar-refractivity contribution in [2.24, 2.45) is 5.73 Å². The molecule has 0 aromatic heterocycles. The maximum Gasteiger partial charge on any atom is 0.219 e. The Labute approximate surface area is 84.8 Å². The van der Waals surface area contributed by atoms with Crippen LogP contribution in [0.4, 0.5) is 0 Å². The van der Waals surface area contributed by atoms with Crippen LogP contribution in [0.1, 0.15) is 25.7 Å². The second kappa shape index (κ2) is 3.51. The van der Waals surface area contributed by atoms with Crippen LogP contribution < -0.4 is 11.1 Å². The van der Waals surface area contributed by atoms with E-state index in [9.17, 15) is 4.79 Å². The minimum atomic E-state index is -0.197. The second-order valence-corrected chi connectivity index (χ2v) is 4.63. The monoisotopic (exact) mass is 197 g/mol. The SMILES string of the molecule is CNC1(CC(N)=O)CCN(C2CC2)C1. The lowest BCUT2D eigenvalue weighted by atomic mass is 9.94. The van der Waals surface area contributed by atoms with Gasteiger partial charge in [0, 0.05) is 31.1 Å². The van der Waals surface area contributed by atoms with Crippen molar-refractivity contribution >= 4 is 5.91 Å². The number of hydrogen-bond acceptors (Lipinski definition) is 3. The molecule has 4 heteroatoms. The van der Waals surface area contributed by atoms with E-state index in [-0.39, 0.29) is 11.4 Å². The highest BCUT2D eigenvalue weighted by atomic mass is 16.1. The highest BCUT2D eigenvalue weighted by molar-refractivity contribution is 5.75. The Morgan fingerprint density at radius 3 is 2.86 bits per heavy atom. The van der Waals surface area contributed by atoms with Gasteiger partial charge in [0.25, 0.3) is 0 Å². The molecule has 1 aliphatic heterocycles. The van der Waals surface area contributed by atoms with E-state index in [1.165, 1.54) is 12.8 Å². The molecule has 1 atom stereocenters. The molecule has 0 aromatic carbocycles. The van der Waals surface area contributed by atoms with Crippen molar-refractivity contribution in [2.75, 3.05) is 20.1 Å². The largest absolute Gasteiger partial charge is 0.370 e. The molecule has 0 spiro atoms. The summed E-state index contributed by atoms with van der Waals surface area (Å²) in [7, 11) is 1.93. The Bertz CT molecular complexity index is 240. The summed E-state index contributed by atoms with van der Waals surface area (Å²) in [6.45, 7) is 2.09. The lowest BCUT2D eigenvalue weighted by Gasteiger charge is -2.27. The van der Waals surface area contributed by atoms with E-state index in [1.807, 2.05) is 7.05 Å². The molecule has 1 amide bonds. The second-order valence-electron chi connectivity index (χ2n) is 4.63. The summed E-state index contributed by atoms with van der Waals surface area (Å²) >= 11 is 0. The van der Waals surface area contributed by atoms with E-state index in [2.05, 4.69) is 10.2 Å². The van der Waals surface area contributed by atoms with Crippen LogP contribution in [0, 0.1) is 0 Å². The van der Waals surface area contributed by atoms with E-state index >= 15 is 0 Å². The lowest BCUT2D eigenvalue weighted by molar-refractivity contribution is -0.119. The van der Waals surface area contributed by atoms with Gasteiger partial charge in [-0.15, -0.1) is 0 Å². The summed E-state index contributed by atoms with van der Waals surface area (Å²) in [5.74, 6) is -0.197. The third-order valence-corrected chi connectivity index (χ3v) is 3.49. The zero-order valence-electron chi connectivity index (χ0n) is 8.75. The standard InChI is InChI=1S/C10H19N3O/c1-12-10(6-9(11)14)4-5-13(7-10)8-2-3-8/h8,12H,2-7H2,1H3,(H2,11,14). The van der Waals surface area contributed by atoms with Gasteiger partial charge in [-0.25, -0.2) is 0 Å². The summed E-state index contributed by atoms with van der Waals surface area (Å²) in [5, 5.41) is 3.28. The Morgan fingerprint density at radius 1 is 1.64 bits per heavy atom. The number of likely N-dealkylation sites (tertiary alicyclic amines) is 1. The van der Waals surface area contributed by atoms with Gasteiger partial charge in [-0.05, 0) is 26.3 Å². The first kappa shape index (κ1) is 9.93. The average molecular weight is 197 g/mol. The fourth-order valence-electron chi connectivity index (χ4n) is 2.43. The molecule has 1 saturated heterocycles. The molecule has 2 rings (SSSR count). The van der Waals surface area contributed by atoms with Crippen LogP contribution in [0.3, 0.4) is 0 Å². The number of nitrogens with zero attached hydrogens (tertiary/aromatic N) is 1. The summed E-state index contributed by atoms with van der Waals surface area (Å²) in [5.41, 5.74) is 5.23. The van der Waals surface area contributed by atoms with Crippen molar-refractivity contribution in [3.63, 3.8) is 0 Å². The summed E-state index contributed by atoms with van der Waals surface area (Å²) in [6.07, 6.45) is 4.17. The Morgan fingerprint density at radius 2 is 2.36 bits per heavy atom. The molecule has 1 heterocycles. The van der Waals surface area contributed by atoms with E-state index in [0.29, 0.717) is 6.42 Å². The van der Waals surface area contributed by atoms with E-state index in [4.69, 9.17) is 5.73 Å². The molecule has 14 heavy (non-hydrogen) atoms. The number of carbonyl (C=O) groups excluding carboxylic acids is 1. The van der Waals surface area contributed by atoms with E-state index in [1.54, 1.807) is 0 Å². The van der Waals surface area contributed by atoms with Crippen molar-refractivity contribution in [3.8, 4) is 0 Å². The Balaban J connectivity index is 1.96. The van der Waals surface area contributed by atoms with Crippen LogP contribution in [0.2, 0.25) is 0 Å². The normalized spacial score (nSPS) is 33.5. The van der Waals surface area contributed by atoms with Gasteiger partial charge in [0.05, 0.1) is 0 Å². The first-order chi connectivity index (χ1) is 6.65. The van der Waals surface area contributed by atoms with Gasteiger partial charge in [-0.3, -0.25) is 9.69 Å². The Hall–Kier alpha value is -0.610. The molecule has 4 nitrogen and oxygen atoms in total. The fraction of sp³-hybridized carbons (Fsp3) is 0.900. The van der Waals surface area contributed by atoms with Crippen LogP contribution in [0.5, 0.6) is 0 Å². The van der Waals surface area contributed by atoms with E-state index in [0.717, 1.165) is 25.6 Å². The van der Waals surface area contributed by atoms with Crippen molar-refractivity contribution in [1.82, 2.24) is 10.2 Å². The maximum absolute atomic E-state index is 11.0. The summed E-state index contributed by atoms with van der Waals surface area (Å²) in [6, 6.07) is 0.790. The summed E-state index contributed by atoms with van der Waals surface area (Å²) < 4.78 is 0. The van der Waals surface area contributed by atoms with Crippen molar-refractivity contribution in [2.45, 2.75) is 37.3 Å². The Kier molecular flexibility index (Phi) is 2.49. The molecule has 1 aliphatic carbocycles. The van der Waals surface area contributed by atoms with Crippen molar-refractivity contribution < 1.29 is 4.79 Å². The number of rotatable bonds is 4. The van der Waals surface area contributed by atoms with E-state index < -0.39 is 0 Å². The van der Waals surface area contributed by atoms with Gasteiger partial charge in [-0.1, -0.05) is 0 Å². The van der Waals surface area contributed by atoms with Gasteiger partial charge < -0.3 is 11.1 Å². The highest BCUT2D eigenvalue weighted by Gasteiger charge is 2.42. The highest BCUT2D eigenvalue weighted by Crippen LogP contribution is 2.34. The molecule has 80 valence electrons. The molecule has 0 bridgehead atoms. The molecule has 3 N–H and O–H groups in total. The quantitative estimate of drug-likeness (QED) is 0.650. The first-order valence-electron chi connectivity index (χ1n) is 5.36. The fourth-order valence-corrected chi connectivity index (χ4v) is 2.43. The van der Waals surface area contributed by atoms with Gasteiger partial charge in [0.1, 0.15) is 0 Å². The maximum atomic E-state index is 11.0. The smallest absolute Gasteiger partial charge is 0.219 e. The molecule has 1 unspecified atom stereocenters. The van der Waals surface area contributed by atoms with Crippen LogP contribution in [0.25, 0.3) is 0 Å². The minimum absolute atomic E-state index is 0.0472. The third-order valence-electron chi connectivity index (χ3n) is 3.49. The van der Waals surface area contributed by atoms with Crippen LogP contribution in [-0.4, -0.2) is 42.5 Å². The number of nitrogens with two attached hydrogens (primary N) is 1. The number of amides is 1. The number of carbonyl (C=O) groups is 1. The zero-order valence-corrected chi connectivity index (χ0v) is 8.75. The van der Waals surface area contributed by atoms with Crippen molar-refractivity contribution in [3.05, 3.63) is 0 Å². The number of nitrogens with one attached hydrogen (secondary N) is 1. The molecule has 1 saturated carbocycles. The van der Waals surface area contributed by atoms with Crippen LogP contribution in [-0.2, 0) is 4.79 Å². The van der Waals surface area contributed by atoms with Gasteiger partial charge in [0.2, 0.25) is 5.91 Å². The predicted molar refractivity (Wildman–Crippen MR) is 54.8 cm³/mol. The van der Waals surface area contributed by atoms with Gasteiger partial charge in [-0.2, -0.15) is 0 Å². The lowest BCUT2D eigenvalue weighted by Crippen LogP contribution is -2.48. The zero-order chi connectivity index (χ0) is 10.2.